The van der Waals surface area contributed by atoms with Crippen molar-refractivity contribution in [3.05, 3.63) is 18.5 Å². The van der Waals surface area contributed by atoms with Crippen LogP contribution in [0.15, 0.2) is 18.5 Å². The fourth-order valence-electron chi connectivity index (χ4n) is 1.65. The Morgan fingerprint density at radius 3 is 2.40 bits per heavy atom. The van der Waals surface area contributed by atoms with Gasteiger partial charge in [0.05, 0.1) is 0 Å². The highest BCUT2D eigenvalue weighted by molar-refractivity contribution is 6.39. The number of rotatable bonds is 7. The molecule has 0 aliphatic carbocycles. The van der Waals surface area contributed by atoms with E-state index in [0.717, 1.165) is 26.1 Å². The van der Waals surface area contributed by atoms with E-state index in [2.05, 4.69) is 39.3 Å². The second-order valence-electron chi connectivity index (χ2n) is 4.16. The van der Waals surface area contributed by atoms with Gasteiger partial charge in [-0.3, -0.25) is 14.9 Å². The van der Waals surface area contributed by atoms with E-state index < -0.39 is 11.8 Å². The summed E-state index contributed by atoms with van der Waals surface area (Å²) in [5.74, 6) is -1.30. The van der Waals surface area contributed by atoms with E-state index in [1.807, 2.05) is 0 Å². The van der Waals surface area contributed by atoms with Crippen LogP contribution in [-0.2, 0) is 9.59 Å². The predicted molar refractivity (Wildman–Crippen MR) is 76.1 cm³/mol. The Morgan fingerprint density at radius 2 is 1.80 bits per heavy atom. The van der Waals surface area contributed by atoms with Crippen molar-refractivity contribution in [1.82, 2.24) is 20.2 Å². The van der Waals surface area contributed by atoms with E-state index in [-0.39, 0.29) is 5.95 Å². The zero-order valence-corrected chi connectivity index (χ0v) is 11.9. The van der Waals surface area contributed by atoms with Gasteiger partial charge in [-0.1, -0.05) is 13.8 Å². The van der Waals surface area contributed by atoms with Gasteiger partial charge < -0.3 is 10.2 Å². The number of hydrogen-bond acceptors (Lipinski definition) is 5. The maximum atomic E-state index is 11.5. The molecular formula is C13H21N5O2. The van der Waals surface area contributed by atoms with Crippen LogP contribution in [0.25, 0.3) is 0 Å². The van der Waals surface area contributed by atoms with Gasteiger partial charge in [0.25, 0.3) is 0 Å². The van der Waals surface area contributed by atoms with Gasteiger partial charge in [0.1, 0.15) is 0 Å². The molecule has 0 aliphatic rings. The molecule has 1 heterocycles. The van der Waals surface area contributed by atoms with Crippen LogP contribution in [0.4, 0.5) is 5.95 Å². The molecule has 1 aromatic rings. The standard InChI is InChI=1S/C13H21N5O2/c1-3-18(4-2)10-6-9-14-11(19)12(20)17-13-15-7-5-8-16-13/h5,7-8H,3-4,6,9-10H2,1-2H3,(H,14,19)(H,15,16,17,20). The number of hydrogen-bond donors (Lipinski definition) is 2. The molecule has 1 rings (SSSR count). The van der Waals surface area contributed by atoms with Crippen LogP contribution >= 0.6 is 0 Å². The van der Waals surface area contributed by atoms with Crippen molar-refractivity contribution in [3.8, 4) is 0 Å². The summed E-state index contributed by atoms with van der Waals surface area (Å²) in [5, 5.41) is 4.90. The minimum atomic E-state index is -0.751. The Balaban J connectivity index is 2.24. The van der Waals surface area contributed by atoms with Gasteiger partial charge in [0.2, 0.25) is 5.95 Å². The van der Waals surface area contributed by atoms with Crippen molar-refractivity contribution in [2.75, 3.05) is 31.5 Å². The highest BCUT2D eigenvalue weighted by Crippen LogP contribution is 1.93. The highest BCUT2D eigenvalue weighted by Gasteiger charge is 2.13. The lowest BCUT2D eigenvalue weighted by atomic mass is 10.3. The minimum absolute atomic E-state index is 0.121. The van der Waals surface area contributed by atoms with Crippen LogP contribution in [0.5, 0.6) is 0 Å². The van der Waals surface area contributed by atoms with E-state index >= 15 is 0 Å². The third-order valence-electron chi connectivity index (χ3n) is 2.83. The maximum Gasteiger partial charge on any atom is 0.316 e. The molecule has 0 fully saturated rings. The maximum absolute atomic E-state index is 11.5. The van der Waals surface area contributed by atoms with Crippen molar-refractivity contribution >= 4 is 17.8 Å². The summed E-state index contributed by atoms with van der Waals surface area (Å²) in [6.45, 7) is 7.52. The predicted octanol–water partition coefficient (Wildman–Crippen LogP) is 0.263. The van der Waals surface area contributed by atoms with Crippen LogP contribution in [0.3, 0.4) is 0 Å². The topological polar surface area (TPSA) is 87.2 Å². The summed E-state index contributed by atoms with van der Waals surface area (Å²) in [6.07, 6.45) is 3.79. The van der Waals surface area contributed by atoms with Crippen LogP contribution in [0.2, 0.25) is 0 Å². The molecule has 0 bridgehead atoms. The smallest absolute Gasteiger partial charge is 0.316 e. The average Bonchev–Trinajstić information content (AvgIpc) is 2.48. The Kier molecular flexibility index (Phi) is 7.20. The first-order valence-corrected chi connectivity index (χ1v) is 6.75. The highest BCUT2D eigenvalue weighted by atomic mass is 16.2. The van der Waals surface area contributed by atoms with Gasteiger partial charge in [-0.05, 0) is 32.1 Å². The van der Waals surface area contributed by atoms with E-state index in [4.69, 9.17) is 0 Å². The summed E-state index contributed by atoms with van der Waals surface area (Å²) >= 11 is 0. The molecule has 0 spiro atoms. The number of aromatic nitrogens is 2. The van der Waals surface area contributed by atoms with Crippen LogP contribution < -0.4 is 10.6 Å². The molecular weight excluding hydrogens is 258 g/mol. The number of anilines is 1. The van der Waals surface area contributed by atoms with E-state index in [1.54, 1.807) is 6.07 Å². The number of carbonyl (C=O) groups excluding carboxylic acids is 2. The summed E-state index contributed by atoms with van der Waals surface area (Å²) in [6, 6.07) is 1.63. The Hall–Kier alpha value is -2.02. The monoisotopic (exact) mass is 279 g/mol. The summed E-state index contributed by atoms with van der Waals surface area (Å²) in [7, 11) is 0. The lowest BCUT2D eigenvalue weighted by Gasteiger charge is -2.17. The molecule has 0 saturated carbocycles. The lowest BCUT2D eigenvalue weighted by molar-refractivity contribution is -0.136. The van der Waals surface area contributed by atoms with Crippen molar-refractivity contribution in [1.29, 1.82) is 0 Å². The second kappa shape index (κ2) is 8.98. The fourth-order valence-corrected chi connectivity index (χ4v) is 1.65. The molecule has 0 aliphatic heterocycles. The van der Waals surface area contributed by atoms with Crippen LogP contribution in [-0.4, -0.2) is 52.9 Å². The second-order valence-corrected chi connectivity index (χ2v) is 4.16. The number of nitrogens with zero attached hydrogens (tertiary/aromatic N) is 3. The average molecular weight is 279 g/mol. The van der Waals surface area contributed by atoms with Gasteiger partial charge in [0.15, 0.2) is 0 Å². The molecule has 0 unspecified atom stereocenters. The summed E-state index contributed by atoms with van der Waals surface area (Å²) < 4.78 is 0. The van der Waals surface area contributed by atoms with Crippen molar-refractivity contribution in [2.24, 2.45) is 0 Å². The van der Waals surface area contributed by atoms with E-state index in [1.165, 1.54) is 12.4 Å². The zero-order valence-electron chi connectivity index (χ0n) is 11.9. The molecule has 7 heteroatoms. The van der Waals surface area contributed by atoms with Crippen molar-refractivity contribution < 1.29 is 9.59 Å². The number of nitrogens with one attached hydrogen (secondary N) is 2. The number of amides is 2. The first-order chi connectivity index (χ1) is 9.67. The Bertz CT molecular complexity index is 420. The minimum Gasteiger partial charge on any atom is -0.348 e. The van der Waals surface area contributed by atoms with Gasteiger partial charge in [-0.25, -0.2) is 9.97 Å². The molecule has 2 N–H and O–H groups in total. The van der Waals surface area contributed by atoms with Crippen LogP contribution in [0, 0.1) is 0 Å². The van der Waals surface area contributed by atoms with Gasteiger partial charge >= 0.3 is 11.8 Å². The first-order valence-electron chi connectivity index (χ1n) is 6.75. The van der Waals surface area contributed by atoms with Gasteiger partial charge in [0, 0.05) is 18.9 Å². The van der Waals surface area contributed by atoms with Crippen molar-refractivity contribution in [2.45, 2.75) is 20.3 Å². The summed E-state index contributed by atoms with van der Waals surface area (Å²) in [4.78, 5) is 33.0. The molecule has 0 aromatic carbocycles. The molecule has 0 atom stereocenters. The molecule has 20 heavy (non-hydrogen) atoms. The SMILES string of the molecule is CCN(CC)CCCNC(=O)C(=O)Nc1ncccn1. The van der Waals surface area contributed by atoms with E-state index in [0.29, 0.717) is 6.54 Å². The number of carbonyl (C=O) groups is 2. The first kappa shape index (κ1) is 16.0. The van der Waals surface area contributed by atoms with Gasteiger partial charge in [-0.2, -0.15) is 0 Å². The largest absolute Gasteiger partial charge is 0.348 e. The van der Waals surface area contributed by atoms with Crippen LogP contribution in [0.1, 0.15) is 20.3 Å². The zero-order chi connectivity index (χ0) is 14.8. The summed E-state index contributed by atoms with van der Waals surface area (Å²) in [5.41, 5.74) is 0. The fraction of sp³-hybridized carbons (Fsp3) is 0.538. The Morgan fingerprint density at radius 1 is 1.15 bits per heavy atom. The normalized spacial score (nSPS) is 10.3. The van der Waals surface area contributed by atoms with Gasteiger partial charge in [-0.15, -0.1) is 0 Å². The molecule has 1 aromatic heterocycles. The lowest BCUT2D eigenvalue weighted by Crippen LogP contribution is -2.37. The third-order valence-corrected chi connectivity index (χ3v) is 2.83. The van der Waals surface area contributed by atoms with Crippen molar-refractivity contribution in [3.63, 3.8) is 0 Å². The molecule has 0 saturated heterocycles. The Labute approximate surface area is 118 Å². The quantitative estimate of drug-likeness (QED) is 0.552. The molecule has 2 amide bonds. The third kappa shape index (κ3) is 5.75. The molecule has 110 valence electrons. The molecule has 7 nitrogen and oxygen atoms in total. The molecule has 0 radical (unpaired) electrons. The van der Waals surface area contributed by atoms with E-state index in [9.17, 15) is 9.59 Å².